The van der Waals surface area contributed by atoms with Crippen LogP contribution in [0.3, 0.4) is 0 Å². The highest BCUT2D eigenvalue weighted by molar-refractivity contribution is 5.88. The number of nitro groups is 1. The lowest BCUT2D eigenvalue weighted by atomic mass is 10.1. The molecular weight excluding hydrogens is 284 g/mol. The molecule has 3 aromatic rings. The Balaban J connectivity index is 2.11. The third-order valence-electron chi connectivity index (χ3n) is 3.22. The van der Waals surface area contributed by atoms with E-state index in [0.717, 1.165) is 11.4 Å². The van der Waals surface area contributed by atoms with Gasteiger partial charge in [0.25, 0.3) is 5.69 Å². The SMILES string of the molecule is Cc1[nH]ncc1Nc1cc(C#N)c2cc([N+](=O)[O-])ccc2n1. The summed E-state index contributed by atoms with van der Waals surface area (Å²) in [7, 11) is 0. The summed E-state index contributed by atoms with van der Waals surface area (Å²) in [6.45, 7) is 1.85. The summed E-state index contributed by atoms with van der Waals surface area (Å²) in [5, 5.41) is 30.3. The topological polar surface area (TPSA) is 121 Å². The Bertz CT molecular complexity index is 925. The predicted molar refractivity (Wildman–Crippen MR) is 79.7 cm³/mol. The first kappa shape index (κ1) is 13.5. The highest BCUT2D eigenvalue weighted by Gasteiger charge is 2.12. The van der Waals surface area contributed by atoms with Crippen molar-refractivity contribution in [1.29, 1.82) is 5.26 Å². The second-order valence-corrected chi connectivity index (χ2v) is 4.66. The number of fused-ring (bicyclic) bond motifs is 1. The van der Waals surface area contributed by atoms with E-state index in [9.17, 15) is 15.4 Å². The molecule has 8 nitrogen and oxygen atoms in total. The van der Waals surface area contributed by atoms with Crippen LogP contribution in [0.15, 0.2) is 30.5 Å². The maximum atomic E-state index is 10.8. The van der Waals surface area contributed by atoms with Gasteiger partial charge < -0.3 is 5.32 Å². The second-order valence-electron chi connectivity index (χ2n) is 4.66. The monoisotopic (exact) mass is 294 g/mol. The zero-order chi connectivity index (χ0) is 15.7. The Kier molecular flexibility index (Phi) is 3.16. The van der Waals surface area contributed by atoms with Gasteiger partial charge in [-0.2, -0.15) is 10.4 Å². The number of anilines is 2. The van der Waals surface area contributed by atoms with Gasteiger partial charge >= 0.3 is 0 Å². The molecule has 0 radical (unpaired) electrons. The van der Waals surface area contributed by atoms with Crippen molar-refractivity contribution < 1.29 is 4.92 Å². The normalized spacial score (nSPS) is 10.4. The van der Waals surface area contributed by atoms with Crippen molar-refractivity contribution in [2.24, 2.45) is 0 Å². The minimum Gasteiger partial charge on any atom is -0.337 e. The van der Waals surface area contributed by atoms with E-state index < -0.39 is 4.92 Å². The van der Waals surface area contributed by atoms with Gasteiger partial charge in [0.05, 0.1) is 39.7 Å². The third kappa shape index (κ3) is 2.31. The van der Waals surface area contributed by atoms with E-state index in [0.29, 0.717) is 22.3 Å². The van der Waals surface area contributed by atoms with Crippen LogP contribution in [0.4, 0.5) is 17.2 Å². The summed E-state index contributed by atoms with van der Waals surface area (Å²) < 4.78 is 0. The van der Waals surface area contributed by atoms with Crippen molar-refractivity contribution in [2.75, 3.05) is 5.32 Å². The average Bonchev–Trinajstić information content (AvgIpc) is 2.91. The van der Waals surface area contributed by atoms with Gasteiger partial charge in [0.1, 0.15) is 5.82 Å². The van der Waals surface area contributed by atoms with E-state index in [1.54, 1.807) is 12.3 Å². The standard InChI is InChI=1S/C14H10N6O2/c1-8-13(7-16-19-8)18-14-4-9(6-15)11-5-10(20(21)22)2-3-12(11)17-14/h2-5,7H,1H3,(H,16,19)(H,17,18). The van der Waals surface area contributed by atoms with Crippen LogP contribution in [0.2, 0.25) is 0 Å². The Morgan fingerprint density at radius 1 is 1.41 bits per heavy atom. The highest BCUT2D eigenvalue weighted by atomic mass is 16.6. The van der Waals surface area contributed by atoms with Crippen LogP contribution in [-0.2, 0) is 0 Å². The molecule has 0 amide bonds. The first-order valence-electron chi connectivity index (χ1n) is 6.35. The van der Waals surface area contributed by atoms with E-state index in [2.05, 4.69) is 20.5 Å². The van der Waals surface area contributed by atoms with E-state index in [1.165, 1.54) is 18.2 Å². The van der Waals surface area contributed by atoms with Crippen LogP contribution in [0.1, 0.15) is 11.3 Å². The first-order valence-corrected chi connectivity index (χ1v) is 6.35. The number of non-ortho nitro benzene ring substituents is 1. The minimum atomic E-state index is -0.498. The molecule has 0 saturated carbocycles. The fourth-order valence-electron chi connectivity index (χ4n) is 2.10. The lowest BCUT2D eigenvalue weighted by molar-refractivity contribution is -0.384. The van der Waals surface area contributed by atoms with Crippen LogP contribution in [0.25, 0.3) is 10.9 Å². The smallest absolute Gasteiger partial charge is 0.270 e. The number of nitro benzene ring substituents is 1. The van der Waals surface area contributed by atoms with Gasteiger partial charge in [0, 0.05) is 17.5 Å². The molecule has 2 heterocycles. The molecule has 0 atom stereocenters. The molecule has 22 heavy (non-hydrogen) atoms. The average molecular weight is 294 g/mol. The Hall–Kier alpha value is -3.47. The zero-order valence-electron chi connectivity index (χ0n) is 11.5. The maximum absolute atomic E-state index is 10.8. The van der Waals surface area contributed by atoms with Gasteiger partial charge in [-0.1, -0.05) is 0 Å². The molecule has 0 aliphatic rings. The highest BCUT2D eigenvalue weighted by Crippen LogP contribution is 2.26. The lowest BCUT2D eigenvalue weighted by Gasteiger charge is -2.07. The molecule has 0 aliphatic heterocycles. The fraction of sp³-hybridized carbons (Fsp3) is 0.0714. The van der Waals surface area contributed by atoms with Gasteiger partial charge in [-0.15, -0.1) is 0 Å². The Morgan fingerprint density at radius 2 is 2.23 bits per heavy atom. The third-order valence-corrected chi connectivity index (χ3v) is 3.22. The van der Waals surface area contributed by atoms with E-state index in [1.807, 2.05) is 13.0 Å². The summed E-state index contributed by atoms with van der Waals surface area (Å²) in [5.41, 5.74) is 2.34. The van der Waals surface area contributed by atoms with Gasteiger partial charge in [-0.3, -0.25) is 15.2 Å². The number of hydrogen-bond acceptors (Lipinski definition) is 6. The molecule has 0 fully saturated rings. The van der Waals surface area contributed by atoms with Crippen LogP contribution >= 0.6 is 0 Å². The molecule has 0 spiro atoms. The molecule has 0 aliphatic carbocycles. The number of nitrogens with zero attached hydrogens (tertiary/aromatic N) is 4. The van der Waals surface area contributed by atoms with Crippen molar-refractivity contribution in [3.8, 4) is 6.07 Å². The molecule has 0 unspecified atom stereocenters. The molecule has 3 rings (SSSR count). The Morgan fingerprint density at radius 3 is 2.86 bits per heavy atom. The largest absolute Gasteiger partial charge is 0.337 e. The van der Waals surface area contributed by atoms with Crippen molar-refractivity contribution in [2.45, 2.75) is 6.92 Å². The fourth-order valence-corrected chi connectivity index (χ4v) is 2.10. The molecular formula is C14H10N6O2. The number of rotatable bonds is 3. The molecule has 0 bridgehead atoms. The maximum Gasteiger partial charge on any atom is 0.270 e. The summed E-state index contributed by atoms with van der Waals surface area (Å²) in [4.78, 5) is 14.7. The number of H-pyrrole nitrogens is 1. The van der Waals surface area contributed by atoms with Crippen molar-refractivity contribution in [3.05, 3.63) is 51.8 Å². The van der Waals surface area contributed by atoms with Crippen molar-refractivity contribution in [1.82, 2.24) is 15.2 Å². The minimum absolute atomic E-state index is 0.0720. The van der Waals surface area contributed by atoms with Crippen LogP contribution in [0, 0.1) is 28.4 Å². The predicted octanol–water partition coefficient (Wildman–Crippen LogP) is 2.79. The van der Waals surface area contributed by atoms with Crippen molar-refractivity contribution in [3.63, 3.8) is 0 Å². The van der Waals surface area contributed by atoms with E-state index in [-0.39, 0.29) is 5.69 Å². The summed E-state index contributed by atoms with van der Waals surface area (Å²) >= 11 is 0. The molecule has 1 aromatic carbocycles. The van der Waals surface area contributed by atoms with E-state index >= 15 is 0 Å². The van der Waals surface area contributed by atoms with Crippen molar-refractivity contribution >= 4 is 28.1 Å². The summed E-state index contributed by atoms with van der Waals surface area (Å²) in [6, 6.07) is 7.85. The molecule has 2 N–H and O–H groups in total. The molecule has 2 aromatic heterocycles. The second kappa shape index (κ2) is 5.14. The van der Waals surface area contributed by atoms with Crippen LogP contribution in [0.5, 0.6) is 0 Å². The summed E-state index contributed by atoms with van der Waals surface area (Å²) in [6.07, 6.45) is 1.61. The molecule has 8 heteroatoms. The number of benzene rings is 1. The van der Waals surface area contributed by atoms with Gasteiger partial charge in [-0.05, 0) is 19.1 Å². The number of nitriles is 1. The Labute approximate surface area is 124 Å². The number of hydrogen-bond donors (Lipinski definition) is 2. The van der Waals surface area contributed by atoms with E-state index in [4.69, 9.17) is 0 Å². The number of aromatic amines is 1. The quantitative estimate of drug-likeness (QED) is 0.566. The summed E-state index contributed by atoms with van der Waals surface area (Å²) in [5.74, 6) is 0.474. The number of aromatic nitrogens is 3. The zero-order valence-corrected chi connectivity index (χ0v) is 11.5. The number of aryl methyl sites for hydroxylation is 1. The van der Waals surface area contributed by atoms with Gasteiger partial charge in [-0.25, -0.2) is 4.98 Å². The number of nitrogens with one attached hydrogen (secondary N) is 2. The molecule has 108 valence electrons. The van der Waals surface area contributed by atoms with Gasteiger partial charge in [0.2, 0.25) is 0 Å². The number of pyridine rings is 1. The molecule has 0 saturated heterocycles. The first-order chi connectivity index (χ1) is 10.6. The van der Waals surface area contributed by atoms with Crippen LogP contribution < -0.4 is 5.32 Å². The lowest BCUT2D eigenvalue weighted by Crippen LogP contribution is -1.97. The van der Waals surface area contributed by atoms with Gasteiger partial charge in [0.15, 0.2) is 0 Å². The van der Waals surface area contributed by atoms with Crippen LogP contribution in [-0.4, -0.2) is 20.1 Å².